The normalized spacial score (nSPS) is 12.2. The van der Waals surface area contributed by atoms with Crippen molar-refractivity contribution in [1.29, 1.82) is 0 Å². The van der Waals surface area contributed by atoms with Crippen LogP contribution >= 0.6 is 0 Å². The molecule has 0 saturated carbocycles. The van der Waals surface area contributed by atoms with Gasteiger partial charge in [0.15, 0.2) is 5.82 Å². The van der Waals surface area contributed by atoms with Gasteiger partial charge in [0.1, 0.15) is 6.54 Å². The van der Waals surface area contributed by atoms with Crippen LogP contribution in [-0.4, -0.2) is 49.2 Å². The van der Waals surface area contributed by atoms with Gasteiger partial charge in [0.05, 0.1) is 12.6 Å². The van der Waals surface area contributed by atoms with Crippen molar-refractivity contribution in [3.05, 3.63) is 87.0 Å². The highest BCUT2D eigenvalue weighted by atomic mass is 16.5. The molecule has 1 unspecified atom stereocenters. The molecule has 0 aliphatic heterocycles. The van der Waals surface area contributed by atoms with Crippen LogP contribution < -0.4 is 5.56 Å². The van der Waals surface area contributed by atoms with Gasteiger partial charge in [0.2, 0.25) is 0 Å². The third kappa shape index (κ3) is 6.29. The Morgan fingerprint density at radius 1 is 1.11 bits per heavy atom. The first-order valence-corrected chi connectivity index (χ1v) is 12.7. The highest BCUT2D eigenvalue weighted by Crippen LogP contribution is 2.25. The van der Waals surface area contributed by atoms with E-state index in [1.807, 2.05) is 37.3 Å². The summed E-state index contributed by atoms with van der Waals surface area (Å²) in [5.41, 5.74) is 4.98. The number of fused-ring (bicyclic) bond motifs is 1. The maximum atomic E-state index is 13.1. The molecule has 1 atom stereocenters. The number of tetrazole rings is 1. The quantitative estimate of drug-likeness (QED) is 0.310. The second-order valence-corrected chi connectivity index (χ2v) is 9.29. The van der Waals surface area contributed by atoms with Crippen LogP contribution in [0.1, 0.15) is 54.4 Å². The molecule has 4 aromatic rings. The third-order valence-corrected chi connectivity index (χ3v) is 6.65. The lowest BCUT2D eigenvalue weighted by atomic mass is 10.0. The van der Waals surface area contributed by atoms with Crippen LogP contribution in [0.2, 0.25) is 0 Å². The molecule has 1 N–H and O–H groups in total. The van der Waals surface area contributed by atoms with Gasteiger partial charge in [-0.1, -0.05) is 42.8 Å². The number of aromatic nitrogens is 5. The molecule has 9 heteroatoms. The Hall–Kier alpha value is -3.85. The van der Waals surface area contributed by atoms with Crippen LogP contribution in [0.15, 0.2) is 53.3 Å². The zero-order valence-corrected chi connectivity index (χ0v) is 21.9. The van der Waals surface area contributed by atoms with E-state index in [1.54, 1.807) is 6.92 Å². The number of benzene rings is 2. The predicted octanol–water partition coefficient (Wildman–Crippen LogP) is 3.89. The van der Waals surface area contributed by atoms with E-state index >= 15 is 0 Å². The molecule has 0 radical (unpaired) electrons. The van der Waals surface area contributed by atoms with Gasteiger partial charge in [0, 0.05) is 24.2 Å². The number of nitrogens with zero attached hydrogens (tertiary/aromatic N) is 5. The van der Waals surface area contributed by atoms with E-state index < -0.39 is 5.97 Å². The smallest absolute Gasteiger partial charge is 0.327 e. The fourth-order valence-electron chi connectivity index (χ4n) is 4.70. The van der Waals surface area contributed by atoms with Crippen LogP contribution in [0.25, 0.3) is 10.9 Å². The SMILES string of the molecule is CCOC(=O)Cn1nnnc1C(CC)N(CCc1ccccc1C)Cc1cc2cc(C)ccc2[nH]c1=O. The van der Waals surface area contributed by atoms with E-state index in [1.165, 1.54) is 15.8 Å². The third-order valence-electron chi connectivity index (χ3n) is 6.65. The lowest BCUT2D eigenvalue weighted by Crippen LogP contribution is -2.34. The number of carbonyl (C=O) groups is 1. The lowest BCUT2D eigenvalue weighted by Gasteiger charge is -2.30. The molecule has 0 aliphatic rings. The summed E-state index contributed by atoms with van der Waals surface area (Å²) < 4.78 is 6.61. The van der Waals surface area contributed by atoms with Crippen LogP contribution in [0.5, 0.6) is 0 Å². The minimum atomic E-state index is -0.390. The van der Waals surface area contributed by atoms with E-state index in [9.17, 15) is 9.59 Å². The molecule has 0 fully saturated rings. The average Bonchev–Trinajstić information content (AvgIpc) is 3.32. The molecule has 0 spiro atoms. The van der Waals surface area contributed by atoms with Crippen LogP contribution in [0.3, 0.4) is 0 Å². The predicted molar refractivity (Wildman–Crippen MR) is 142 cm³/mol. The Labute approximate surface area is 216 Å². The summed E-state index contributed by atoms with van der Waals surface area (Å²) >= 11 is 0. The Morgan fingerprint density at radius 2 is 1.92 bits per heavy atom. The zero-order valence-electron chi connectivity index (χ0n) is 21.9. The highest BCUT2D eigenvalue weighted by molar-refractivity contribution is 5.79. The number of aryl methyl sites for hydroxylation is 2. The first-order valence-electron chi connectivity index (χ1n) is 12.7. The second-order valence-electron chi connectivity index (χ2n) is 9.29. The Kier molecular flexibility index (Phi) is 8.45. The monoisotopic (exact) mass is 502 g/mol. The summed E-state index contributed by atoms with van der Waals surface area (Å²) in [5, 5.41) is 13.2. The molecule has 9 nitrogen and oxygen atoms in total. The Morgan fingerprint density at radius 3 is 2.68 bits per heavy atom. The zero-order chi connectivity index (χ0) is 26.4. The second kappa shape index (κ2) is 11.9. The maximum absolute atomic E-state index is 13.1. The maximum Gasteiger partial charge on any atom is 0.327 e. The Bertz CT molecular complexity index is 1430. The molecule has 0 saturated heterocycles. The molecule has 37 heavy (non-hydrogen) atoms. The van der Waals surface area contributed by atoms with Gasteiger partial charge in [-0.2, -0.15) is 0 Å². The molecule has 4 rings (SSSR count). The average molecular weight is 503 g/mol. The van der Waals surface area contributed by atoms with Crippen molar-refractivity contribution >= 4 is 16.9 Å². The minimum Gasteiger partial charge on any atom is -0.465 e. The fraction of sp³-hybridized carbons (Fsp3) is 0.393. The minimum absolute atomic E-state index is 0.0614. The first-order chi connectivity index (χ1) is 17.9. The van der Waals surface area contributed by atoms with Gasteiger partial charge in [-0.05, 0) is 78.8 Å². The van der Waals surface area contributed by atoms with Crippen molar-refractivity contribution < 1.29 is 9.53 Å². The molecular weight excluding hydrogens is 468 g/mol. The van der Waals surface area contributed by atoms with E-state index in [-0.39, 0.29) is 18.1 Å². The van der Waals surface area contributed by atoms with E-state index in [0.717, 1.165) is 22.9 Å². The van der Waals surface area contributed by atoms with Crippen molar-refractivity contribution in [2.75, 3.05) is 13.2 Å². The standard InChI is InChI=1S/C28H34N6O3/c1-5-25(27-30-31-32-34(27)18-26(35)37-6-2)33(14-13-21-10-8-7-9-20(21)4)17-23-16-22-15-19(3)11-12-24(22)29-28(23)36/h7-12,15-16,25H,5-6,13-14,17-18H2,1-4H3,(H,29,36). The molecule has 2 aromatic heterocycles. The fourth-order valence-corrected chi connectivity index (χ4v) is 4.70. The number of pyridine rings is 1. The Balaban J connectivity index is 1.69. The van der Waals surface area contributed by atoms with Crippen molar-refractivity contribution in [3.8, 4) is 0 Å². The van der Waals surface area contributed by atoms with Crippen molar-refractivity contribution in [2.24, 2.45) is 0 Å². The number of hydrogen-bond acceptors (Lipinski definition) is 7. The number of hydrogen-bond donors (Lipinski definition) is 1. The lowest BCUT2D eigenvalue weighted by molar-refractivity contribution is -0.144. The van der Waals surface area contributed by atoms with Gasteiger partial charge in [-0.25, -0.2) is 4.68 Å². The summed E-state index contributed by atoms with van der Waals surface area (Å²) in [7, 11) is 0. The topological polar surface area (TPSA) is 106 Å². The molecule has 194 valence electrons. The number of carbonyl (C=O) groups excluding carboxylic acids is 1. The number of ether oxygens (including phenoxy) is 1. The highest BCUT2D eigenvalue weighted by Gasteiger charge is 2.26. The van der Waals surface area contributed by atoms with Gasteiger partial charge in [-0.3, -0.25) is 14.5 Å². The van der Waals surface area contributed by atoms with Gasteiger partial charge in [0.25, 0.3) is 5.56 Å². The summed E-state index contributed by atoms with van der Waals surface area (Å²) in [4.78, 5) is 30.5. The van der Waals surface area contributed by atoms with Crippen molar-refractivity contribution in [2.45, 2.75) is 59.7 Å². The largest absolute Gasteiger partial charge is 0.465 e. The summed E-state index contributed by atoms with van der Waals surface area (Å²) in [6, 6.07) is 16.1. The molecule has 0 aliphatic carbocycles. The van der Waals surface area contributed by atoms with Crippen LogP contribution in [-0.2, 0) is 29.0 Å². The van der Waals surface area contributed by atoms with Crippen molar-refractivity contribution in [1.82, 2.24) is 30.1 Å². The molecule has 2 aromatic carbocycles. The van der Waals surface area contributed by atoms with Gasteiger partial charge >= 0.3 is 5.97 Å². The molecule has 2 heterocycles. The van der Waals surface area contributed by atoms with Crippen molar-refractivity contribution in [3.63, 3.8) is 0 Å². The number of H-pyrrole nitrogens is 1. The van der Waals surface area contributed by atoms with Gasteiger partial charge < -0.3 is 9.72 Å². The first kappa shape index (κ1) is 26.2. The summed E-state index contributed by atoms with van der Waals surface area (Å²) in [6.45, 7) is 9.29. The van der Waals surface area contributed by atoms with E-state index in [2.05, 4.69) is 57.5 Å². The summed E-state index contributed by atoms with van der Waals surface area (Å²) in [5.74, 6) is 0.187. The number of aromatic amines is 1. The van der Waals surface area contributed by atoms with Crippen LogP contribution in [0, 0.1) is 13.8 Å². The van der Waals surface area contributed by atoms with E-state index in [0.29, 0.717) is 37.5 Å². The molecule has 0 amide bonds. The number of nitrogens with one attached hydrogen (secondary N) is 1. The number of esters is 1. The summed E-state index contributed by atoms with van der Waals surface area (Å²) in [6.07, 6.45) is 1.49. The molecular formula is C28H34N6O3. The number of rotatable bonds is 11. The molecule has 0 bridgehead atoms. The van der Waals surface area contributed by atoms with Crippen LogP contribution in [0.4, 0.5) is 0 Å². The van der Waals surface area contributed by atoms with Gasteiger partial charge in [-0.15, -0.1) is 5.10 Å². The van der Waals surface area contributed by atoms with E-state index in [4.69, 9.17) is 4.74 Å².